The zero-order chi connectivity index (χ0) is 12.9. The van der Waals surface area contributed by atoms with Gasteiger partial charge in [0.05, 0.1) is 5.75 Å². The van der Waals surface area contributed by atoms with Crippen molar-refractivity contribution in [3.8, 4) is 0 Å². The second-order valence-electron chi connectivity index (χ2n) is 4.98. The quantitative estimate of drug-likeness (QED) is 0.849. The average molecular weight is 255 g/mol. The molecule has 1 aromatic carbocycles. The van der Waals surface area contributed by atoms with Crippen molar-refractivity contribution in [2.75, 3.05) is 0 Å². The number of nitrogens with one attached hydrogen (secondary N) is 1. The van der Waals surface area contributed by atoms with Crippen LogP contribution >= 0.6 is 0 Å². The van der Waals surface area contributed by atoms with Crippen molar-refractivity contribution in [1.82, 2.24) is 4.72 Å². The number of benzene rings is 1. The zero-order valence-electron chi connectivity index (χ0n) is 10.7. The SMILES string of the molecule is CCCC(C)(C)NS(=O)(=O)Cc1ccccc1. The molecule has 0 atom stereocenters. The summed E-state index contributed by atoms with van der Waals surface area (Å²) < 4.78 is 26.7. The highest BCUT2D eigenvalue weighted by atomic mass is 32.2. The van der Waals surface area contributed by atoms with Gasteiger partial charge in [0.1, 0.15) is 0 Å². The number of sulfonamides is 1. The molecule has 0 aliphatic heterocycles. The molecule has 0 bridgehead atoms. The molecule has 0 heterocycles. The van der Waals surface area contributed by atoms with Crippen LogP contribution in [0.4, 0.5) is 0 Å². The molecular weight excluding hydrogens is 234 g/mol. The van der Waals surface area contributed by atoms with Gasteiger partial charge in [0, 0.05) is 5.54 Å². The van der Waals surface area contributed by atoms with E-state index in [1.807, 2.05) is 51.1 Å². The summed E-state index contributed by atoms with van der Waals surface area (Å²) in [6, 6.07) is 9.23. The smallest absolute Gasteiger partial charge is 0.212 e. The van der Waals surface area contributed by atoms with Crippen LogP contribution in [0.5, 0.6) is 0 Å². The van der Waals surface area contributed by atoms with Gasteiger partial charge >= 0.3 is 0 Å². The average Bonchev–Trinajstić information content (AvgIpc) is 2.15. The van der Waals surface area contributed by atoms with E-state index in [1.54, 1.807) is 0 Å². The summed E-state index contributed by atoms with van der Waals surface area (Å²) in [6.07, 6.45) is 1.79. The van der Waals surface area contributed by atoms with Crippen molar-refractivity contribution in [2.45, 2.75) is 44.9 Å². The van der Waals surface area contributed by atoms with Crippen LogP contribution in [0.25, 0.3) is 0 Å². The van der Waals surface area contributed by atoms with Gasteiger partial charge in [0.25, 0.3) is 0 Å². The molecule has 1 N–H and O–H groups in total. The van der Waals surface area contributed by atoms with Crippen molar-refractivity contribution >= 4 is 10.0 Å². The largest absolute Gasteiger partial charge is 0.216 e. The third kappa shape index (κ3) is 5.33. The Balaban J connectivity index is 2.70. The summed E-state index contributed by atoms with van der Waals surface area (Å²) in [5.74, 6) is 0.0426. The van der Waals surface area contributed by atoms with E-state index >= 15 is 0 Å². The van der Waals surface area contributed by atoms with Gasteiger partial charge in [-0.2, -0.15) is 0 Å². The predicted molar refractivity (Wildman–Crippen MR) is 71.2 cm³/mol. The Morgan fingerprint density at radius 1 is 1.18 bits per heavy atom. The zero-order valence-corrected chi connectivity index (χ0v) is 11.5. The van der Waals surface area contributed by atoms with E-state index in [2.05, 4.69) is 4.72 Å². The molecule has 0 radical (unpaired) electrons. The molecule has 0 aliphatic rings. The van der Waals surface area contributed by atoms with Crippen LogP contribution in [0.2, 0.25) is 0 Å². The molecule has 0 saturated carbocycles. The van der Waals surface area contributed by atoms with E-state index in [9.17, 15) is 8.42 Å². The van der Waals surface area contributed by atoms with Crippen LogP contribution in [-0.4, -0.2) is 14.0 Å². The maximum Gasteiger partial charge on any atom is 0.216 e. The number of hydrogen-bond donors (Lipinski definition) is 1. The normalized spacial score (nSPS) is 12.6. The minimum absolute atomic E-state index is 0.0426. The Bertz CT molecular complexity index is 438. The molecule has 96 valence electrons. The molecule has 17 heavy (non-hydrogen) atoms. The van der Waals surface area contributed by atoms with Crippen LogP contribution in [0, 0.1) is 0 Å². The second-order valence-corrected chi connectivity index (χ2v) is 6.70. The lowest BCUT2D eigenvalue weighted by molar-refractivity contribution is 0.417. The van der Waals surface area contributed by atoms with Crippen LogP contribution in [0.3, 0.4) is 0 Å². The standard InChI is InChI=1S/C13H21NO2S/c1-4-10-13(2,3)14-17(15,16)11-12-8-6-5-7-9-12/h5-9,14H,4,10-11H2,1-3H3. The van der Waals surface area contributed by atoms with Gasteiger partial charge in [0.2, 0.25) is 10.0 Å². The van der Waals surface area contributed by atoms with E-state index in [4.69, 9.17) is 0 Å². The van der Waals surface area contributed by atoms with Gasteiger partial charge in [-0.3, -0.25) is 0 Å². The van der Waals surface area contributed by atoms with E-state index in [-0.39, 0.29) is 11.3 Å². The van der Waals surface area contributed by atoms with Crippen LogP contribution < -0.4 is 4.72 Å². The lowest BCUT2D eigenvalue weighted by Crippen LogP contribution is -2.43. The highest BCUT2D eigenvalue weighted by Crippen LogP contribution is 2.14. The van der Waals surface area contributed by atoms with Crippen molar-refractivity contribution in [1.29, 1.82) is 0 Å². The first kappa shape index (κ1) is 14.2. The molecule has 0 amide bonds. The highest BCUT2D eigenvalue weighted by Gasteiger charge is 2.23. The van der Waals surface area contributed by atoms with Crippen molar-refractivity contribution in [2.24, 2.45) is 0 Å². The van der Waals surface area contributed by atoms with Crippen molar-refractivity contribution in [3.05, 3.63) is 35.9 Å². The fourth-order valence-corrected chi connectivity index (χ4v) is 3.57. The molecular formula is C13H21NO2S. The molecule has 1 rings (SSSR count). The van der Waals surface area contributed by atoms with E-state index in [1.165, 1.54) is 0 Å². The summed E-state index contributed by atoms with van der Waals surface area (Å²) in [5, 5.41) is 0. The van der Waals surface area contributed by atoms with Gasteiger partial charge in [-0.1, -0.05) is 43.7 Å². The molecule has 0 saturated heterocycles. The minimum Gasteiger partial charge on any atom is -0.212 e. The molecule has 0 fully saturated rings. The third-order valence-electron chi connectivity index (χ3n) is 2.51. The van der Waals surface area contributed by atoms with Crippen molar-refractivity contribution < 1.29 is 8.42 Å². The predicted octanol–water partition coefficient (Wildman–Crippen LogP) is 2.68. The number of rotatable bonds is 6. The number of hydrogen-bond acceptors (Lipinski definition) is 2. The first-order chi connectivity index (χ1) is 7.85. The lowest BCUT2D eigenvalue weighted by Gasteiger charge is -2.25. The van der Waals surface area contributed by atoms with Gasteiger partial charge in [-0.15, -0.1) is 0 Å². The molecule has 4 heteroatoms. The molecule has 3 nitrogen and oxygen atoms in total. The Hall–Kier alpha value is -0.870. The maximum absolute atomic E-state index is 12.0. The summed E-state index contributed by atoms with van der Waals surface area (Å²) >= 11 is 0. The summed E-state index contributed by atoms with van der Waals surface area (Å²) in [4.78, 5) is 0. The topological polar surface area (TPSA) is 46.2 Å². The third-order valence-corrected chi connectivity index (χ3v) is 4.08. The van der Waals surface area contributed by atoms with Crippen LogP contribution in [0.1, 0.15) is 39.2 Å². The highest BCUT2D eigenvalue weighted by molar-refractivity contribution is 7.88. The van der Waals surface area contributed by atoms with E-state index in [0.29, 0.717) is 0 Å². The summed E-state index contributed by atoms with van der Waals surface area (Å²) in [5.41, 5.74) is 0.440. The fraction of sp³-hybridized carbons (Fsp3) is 0.538. The molecule has 0 aromatic heterocycles. The Kier molecular flexibility index (Phi) is 4.71. The monoisotopic (exact) mass is 255 g/mol. The Morgan fingerprint density at radius 2 is 1.76 bits per heavy atom. The second kappa shape index (κ2) is 5.65. The van der Waals surface area contributed by atoms with Crippen molar-refractivity contribution in [3.63, 3.8) is 0 Å². The maximum atomic E-state index is 12.0. The Labute approximate surface area is 104 Å². The van der Waals surface area contributed by atoms with Gasteiger partial charge in [0.15, 0.2) is 0 Å². The first-order valence-corrected chi connectivity index (χ1v) is 7.55. The molecule has 0 aliphatic carbocycles. The lowest BCUT2D eigenvalue weighted by atomic mass is 10.0. The van der Waals surface area contributed by atoms with Crippen LogP contribution in [-0.2, 0) is 15.8 Å². The first-order valence-electron chi connectivity index (χ1n) is 5.90. The van der Waals surface area contributed by atoms with Gasteiger partial charge in [-0.05, 0) is 25.8 Å². The van der Waals surface area contributed by atoms with Gasteiger partial charge < -0.3 is 0 Å². The molecule has 1 aromatic rings. The molecule has 0 spiro atoms. The fourth-order valence-electron chi connectivity index (χ4n) is 1.93. The van der Waals surface area contributed by atoms with E-state index < -0.39 is 10.0 Å². The van der Waals surface area contributed by atoms with Crippen LogP contribution in [0.15, 0.2) is 30.3 Å². The summed E-state index contributed by atoms with van der Waals surface area (Å²) in [6.45, 7) is 5.88. The van der Waals surface area contributed by atoms with E-state index in [0.717, 1.165) is 18.4 Å². The van der Waals surface area contributed by atoms with Gasteiger partial charge in [-0.25, -0.2) is 13.1 Å². The Morgan fingerprint density at radius 3 is 2.29 bits per heavy atom. The molecule has 0 unspecified atom stereocenters. The minimum atomic E-state index is -3.26. The summed E-state index contributed by atoms with van der Waals surface area (Å²) in [7, 11) is -3.26.